The average Bonchev–Trinajstić information content (AvgIpc) is 3.15. The summed E-state index contributed by atoms with van der Waals surface area (Å²) in [6, 6.07) is 11.4. The molecule has 1 heterocycles. The molecule has 4 atom stereocenters. The molecule has 0 radical (unpaired) electrons. The van der Waals surface area contributed by atoms with Crippen molar-refractivity contribution in [1.29, 1.82) is 0 Å². The zero-order valence-corrected chi connectivity index (χ0v) is 17.4. The van der Waals surface area contributed by atoms with Gasteiger partial charge in [0.05, 0.1) is 19.3 Å². The van der Waals surface area contributed by atoms with Gasteiger partial charge in [-0.3, -0.25) is 4.99 Å². The molecule has 1 saturated carbocycles. The summed E-state index contributed by atoms with van der Waals surface area (Å²) in [6.07, 6.45) is 2.42. The largest absolute Gasteiger partial charge is 0.379 e. The van der Waals surface area contributed by atoms with Crippen LogP contribution in [0.15, 0.2) is 35.3 Å². The quantitative estimate of drug-likeness (QED) is 0.374. The van der Waals surface area contributed by atoms with Crippen LogP contribution in [0.3, 0.4) is 0 Å². The van der Waals surface area contributed by atoms with Gasteiger partial charge in [-0.05, 0) is 32.3 Å². The minimum atomic E-state index is 0. The van der Waals surface area contributed by atoms with Crippen LogP contribution < -0.4 is 10.6 Å². The topological polar surface area (TPSA) is 54.9 Å². The normalized spacial score (nSPS) is 26.6. The SMILES string of the molecule is CCN=C(NC(C)COC1CCOC1)NC1CC1c1ccccc1.I. The maximum absolute atomic E-state index is 5.88. The third-order valence-electron chi connectivity index (χ3n) is 4.51. The third-order valence-corrected chi connectivity index (χ3v) is 4.51. The molecular weight excluding hydrogens is 429 g/mol. The van der Waals surface area contributed by atoms with Gasteiger partial charge in [0.2, 0.25) is 0 Å². The number of nitrogens with one attached hydrogen (secondary N) is 2. The van der Waals surface area contributed by atoms with Crippen LogP contribution in [0, 0.1) is 0 Å². The van der Waals surface area contributed by atoms with Gasteiger partial charge in [0.15, 0.2) is 5.96 Å². The molecule has 0 bridgehead atoms. The highest BCUT2D eigenvalue weighted by Gasteiger charge is 2.39. The highest BCUT2D eigenvalue weighted by atomic mass is 127. The molecule has 4 unspecified atom stereocenters. The van der Waals surface area contributed by atoms with E-state index in [-0.39, 0.29) is 36.1 Å². The van der Waals surface area contributed by atoms with E-state index < -0.39 is 0 Å². The highest BCUT2D eigenvalue weighted by molar-refractivity contribution is 14.0. The van der Waals surface area contributed by atoms with Crippen LogP contribution >= 0.6 is 24.0 Å². The molecular formula is C19H30IN3O2. The van der Waals surface area contributed by atoms with E-state index in [9.17, 15) is 0 Å². The van der Waals surface area contributed by atoms with Crippen LogP contribution in [0.1, 0.15) is 38.2 Å². The zero-order valence-electron chi connectivity index (χ0n) is 15.1. The summed E-state index contributed by atoms with van der Waals surface area (Å²) < 4.78 is 11.2. The first-order valence-electron chi connectivity index (χ1n) is 9.08. The van der Waals surface area contributed by atoms with Crippen LogP contribution in [0.5, 0.6) is 0 Å². The van der Waals surface area contributed by atoms with Gasteiger partial charge >= 0.3 is 0 Å². The maximum Gasteiger partial charge on any atom is 0.191 e. The molecule has 1 saturated heterocycles. The van der Waals surface area contributed by atoms with Gasteiger partial charge in [-0.15, -0.1) is 24.0 Å². The molecule has 0 spiro atoms. The summed E-state index contributed by atoms with van der Waals surface area (Å²) in [5.41, 5.74) is 1.41. The van der Waals surface area contributed by atoms with E-state index >= 15 is 0 Å². The second kappa shape index (κ2) is 10.3. The number of guanidine groups is 1. The van der Waals surface area contributed by atoms with Crippen molar-refractivity contribution in [2.75, 3.05) is 26.4 Å². The van der Waals surface area contributed by atoms with Crippen molar-refractivity contribution in [2.24, 2.45) is 4.99 Å². The molecule has 2 fully saturated rings. The molecule has 5 nitrogen and oxygen atoms in total. The molecule has 1 aliphatic carbocycles. The van der Waals surface area contributed by atoms with Crippen molar-refractivity contribution < 1.29 is 9.47 Å². The fourth-order valence-electron chi connectivity index (χ4n) is 3.09. The van der Waals surface area contributed by atoms with Crippen LogP contribution in [-0.2, 0) is 9.47 Å². The van der Waals surface area contributed by atoms with Crippen LogP contribution in [-0.4, -0.2) is 50.5 Å². The van der Waals surface area contributed by atoms with Gasteiger partial charge in [0.1, 0.15) is 0 Å². The number of rotatable bonds is 7. The molecule has 1 aliphatic heterocycles. The van der Waals surface area contributed by atoms with Gasteiger partial charge in [-0.2, -0.15) is 0 Å². The van der Waals surface area contributed by atoms with Crippen molar-refractivity contribution in [2.45, 2.75) is 50.8 Å². The molecule has 140 valence electrons. The van der Waals surface area contributed by atoms with E-state index in [0.29, 0.717) is 18.6 Å². The second-order valence-electron chi connectivity index (χ2n) is 6.69. The van der Waals surface area contributed by atoms with Gasteiger partial charge < -0.3 is 20.1 Å². The lowest BCUT2D eigenvalue weighted by molar-refractivity contribution is 0.0347. The molecule has 1 aromatic rings. The Hall–Kier alpha value is -0.860. The fraction of sp³-hybridized carbons (Fsp3) is 0.632. The summed E-state index contributed by atoms with van der Waals surface area (Å²) in [5.74, 6) is 1.48. The first kappa shape index (κ1) is 20.5. The monoisotopic (exact) mass is 459 g/mol. The van der Waals surface area contributed by atoms with E-state index in [0.717, 1.165) is 32.1 Å². The van der Waals surface area contributed by atoms with Gasteiger partial charge in [0.25, 0.3) is 0 Å². The summed E-state index contributed by atoms with van der Waals surface area (Å²) in [4.78, 5) is 4.57. The van der Waals surface area contributed by atoms with Gasteiger partial charge in [0, 0.05) is 31.2 Å². The minimum absolute atomic E-state index is 0. The number of hydrogen-bond acceptors (Lipinski definition) is 3. The first-order valence-corrected chi connectivity index (χ1v) is 9.08. The van der Waals surface area contributed by atoms with Crippen LogP contribution in [0.25, 0.3) is 0 Å². The lowest BCUT2D eigenvalue weighted by Crippen LogP contribution is -2.45. The summed E-state index contributed by atoms with van der Waals surface area (Å²) in [6.45, 7) is 7.17. The molecule has 2 aliphatic rings. The molecule has 0 aromatic heterocycles. The Morgan fingerprint density at radius 1 is 1.36 bits per heavy atom. The lowest BCUT2D eigenvalue weighted by Gasteiger charge is -2.20. The number of ether oxygens (including phenoxy) is 2. The number of hydrogen-bond donors (Lipinski definition) is 2. The lowest BCUT2D eigenvalue weighted by atomic mass is 10.1. The predicted octanol–water partition coefficient (Wildman–Crippen LogP) is 2.91. The fourth-order valence-corrected chi connectivity index (χ4v) is 3.09. The van der Waals surface area contributed by atoms with Gasteiger partial charge in [-0.1, -0.05) is 30.3 Å². The predicted molar refractivity (Wildman–Crippen MR) is 112 cm³/mol. The molecule has 2 N–H and O–H groups in total. The molecule has 0 amide bonds. The number of benzene rings is 1. The number of aliphatic imine (C=N–C) groups is 1. The minimum Gasteiger partial charge on any atom is -0.379 e. The van der Waals surface area contributed by atoms with Crippen molar-refractivity contribution in [1.82, 2.24) is 10.6 Å². The first-order chi connectivity index (χ1) is 11.8. The third kappa shape index (κ3) is 6.42. The van der Waals surface area contributed by atoms with Crippen LogP contribution in [0.4, 0.5) is 0 Å². The summed E-state index contributed by atoms with van der Waals surface area (Å²) in [7, 11) is 0. The van der Waals surface area contributed by atoms with E-state index in [1.165, 1.54) is 12.0 Å². The molecule has 1 aromatic carbocycles. The van der Waals surface area contributed by atoms with Crippen molar-refractivity contribution in [3.8, 4) is 0 Å². The van der Waals surface area contributed by atoms with Crippen LogP contribution in [0.2, 0.25) is 0 Å². The molecule has 3 rings (SSSR count). The van der Waals surface area contributed by atoms with E-state index in [1.807, 2.05) is 0 Å². The average molecular weight is 459 g/mol. The maximum atomic E-state index is 5.88. The number of halogens is 1. The van der Waals surface area contributed by atoms with Crippen molar-refractivity contribution in [3.05, 3.63) is 35.9 Å². The molecule has 6 heteroatoms. The standard InChI is InChI=1S/C19H29N3O2.HI/c1-3-20-19(21-14(2)12-24-16-9-10-23-13-16)22-18-11-17(18)15-7-5-4-6-8-15;/h4-8,14,16-18H,3,9-13H2,1-2H3,(H2,20,21,22);1H. The van der Waals surface area contributed by atoms with E-state index in [1.54, 1.807) is 0 Å². The highest BCUT2D eigenvalue weighted by Crippen LogP contribution is 2.40. The molecule has 25 heavy (non-hydrogen) atoms. The van der Waals surface area contributed by atoms with Crippen molar-refractivity contribution >= 4 is 29.9 Å². The number of nitrogens with zero attached hydrogens (tertiary/aromatic N) is 1. The van der Waals surface area contributed by atoms with Crippen molar-refractivity contribution in [3.63, 3.8) is 0 Å². The Bertz CT molecular complexity index is 535. The Morgan fingerprint density at radius 2 is 2.16 bits per heavy atom. The van der Waals surface area contributed by atoms with E-state index in [2.05, 4.69) is 59.8 Å². The van der Waals surface area contributed by atoms with Gasteiger partial charge in [-0.25, -0.2) is 0 Å². The smallest absolute Gasteiger partial charge is 0.191 e. The second-order valence-corrected chi connectivity index (χ2v) is 6.69. The Balaban J connectivity index is 0.00000225. The van der Waals surface area contributed by atoms with E-state index in [4.69, 9.17) is 9.47 Å². The Kier molecular flexibility index (Phi) is 8.45. The summed E-state index contributed by atoms with van der Waals surface area (Å²) >= 11 is 0. The summed E-state index contributed by atoms with van der Waals surface area (Å²) in [5, 5.41) is 7.02. The Morgan fingerprint density at radius 3 is 2.84 bits per heavy atom. The zero-order chi connectivity index (χ0) is 16.8. The Labute approximate surface area is 168 Å².